The number of rotatable bonds is 0. The van der Waals surface area contributed by atoms with Gasteiger partial charge in [0.1, 0.15) is 0 Å². The normalized spacial score (nSPS) is 45.0. The van der Waals surface area contributed by atoms with Crippen molar-refractivity contribution in [2.45, 2.75) is 25.0 Å². The van der Waals surface area contributed by atoms with Crippen LogP contribution in [0, 0.1) is 0 Å². The van der Waals surface area contributed by atoms with Crippen molar-refractivity contribution < 1.29 is 4.74 Å². The van der Waals surface area contributed by atoms with Gasteiger partial charge in [-0.25, -0.2) is 0 Å². The van der Waals surface area contributed by atoms with E-state index >= 15 is 0 Å². The van der Waals surface area contributed by atoms with Crippen molar-refractivity contribution in [3.63, 3.8) is 0 Å². The number of hydrogen-bond acceptors (Lipinski definition) is 2. The van der Waals surface area contributed by atoms with Crippen LogP contribution in [0.5, 0.6) is 0 Å². The van der Waals surface area contributed by atoms with Gasteiger partial charge in [-0.05, 0) is 12.8 Å². The molecule has 0 amide bonds. The lowest BCUT2D eigenvalue weighted by Gasteiger charge is -2.20. The van der Waals surface area contributed by atoms with Gasteiger partial charge in [-0.2, -0.15) is 0 Å². The molecule has 2 rings (SSSR count). The molecule has 8 heavy (non-hydrogen) atoms. The van der Waals surface area contributed by atoms with Crippen LogP contribution in [0.3, 0.4) is 0 Å². The van der Waals surface area contributed by atoms with Crippen molar-refractivity contribution in [1.29, 1.82) is 0 Å². The van der Waals surface area contributed by atoms with E-state index in [1.54, 1.807) is 0 Å². The van der Waals surface area contributed by atoms with Crippen molar-refractivity contribution in [2.24, 2.45) is 0 Å². The van der Waals surface area contributed by atoms with E-state index in [-0.39, 0.29) is 0 Å². The maximum Gasteiger partial charge on any atom is 0.0704 e. The molecular formula is C6H11NO. The molecule has 0 radical (unpaired) electrons. The highest BCUT2D eigenvalue weighted by molar-refractivity contribution is 4.81. The van der Waals surface area contributed by atoms with Crippen LogP contribution in [0.25, 0.3) is 0 Å². The lowest BCUT2D eigenvalue weighted by Crippen LogP contribution is -2.38. The Morgan fingerprint density at radius 1 is 1.12 bits per heavy atom. The highest BCUT2D eigenvalue weighted by Crippen LogP contribution is 2.21. The largest absolute Gasteiger partial charge is 0.372 e. The van der Waals surface area contributed by atoms with Gasteiger partial charge in [-0.1, -0.05) is 0 Å². The highest BCUT2D eigenvalue weighted by Gasteiger charge is 2.28. The van der Waals surface area contributed by atoms with Crippen molar-refractivity contribution in [3.05, 3.63) is 0 Å². The molecule has 1 N–H and O–H groups in total. The molecule has 46 valence electrons. The molecule has 0 aliphatic carbocycles. The molecule has 2 saturated heterocycles. The van der Waals surface area contributed by atoms with Crippen molar-refractivity contribution in [2.75, 3.05) is 13.1 Å². The number of morpholine rings is 1. The minimum Gasteiger partial charge on any atom is -0.372 e. The summed E-state index contributed by atoms with van der Waals surface area (Å²) in [5.74, 6) is 0. The number of hydrogen-bond donors (Lipinski definition) is 1. The first-order chi connectivity index (χ1) is 3.95. The molecule has 2 heterocycles. The zero-order valence-electron chi connectivity index (χ0n) is 4.89. The van der Waals surface area contributed by atoms with Crippen LogP contribution >= 0.6 is 0 Å². The molecule has 0 aromatic heterocycles. The molecule has 2 bridgehead atoms. The Hall–Kier alpha value is -0.0800. The van der Waals surface area contributed by atoms with Crippen LogP contribution in [-0.4, -0.2) is 25.3 Å². The van der Waals surface area contributed by atoms with Gasteiger partial charge in [0.25, 0.3) is 0 Å². The Morgan fingerprint density at radius 3 is 2.25 bits per heavy atom. The van der Waals surface area contributed by atoms with Gasteiger partial charge in [0.2, 0.25) is 0 Å². The standard InChI is InChI=1S/C6H11NO/c1-2-6-4-7-3-5(1)8-6/h5-7H,1-4H2/t5-,6-/m0/s1. The molecule has 0 aromatic rings. The van der Waals surface area contributed by atoms with Crippen LogP contribution in [-0.2, 0) is 4.74 Å². The molecule has 0 aromatic carbocycles. The minimum absolute atomic E-state index is 0.550. The predicted octanol–water partition coefficient (Wildman–Crippen LogP) is 0.137. The van der Waals surface area contributed by atoms with Gasteiger partial charge >= 0.3 is 0 Å². The Labute approximate surface area is 49.2 Å². The molecule has 0 unspecified atom stereocenters. The van der Waals surface area contributed by atoms with E-state index in [0.717, 1.165) is 13.1 Å². The second-order valence-corrected chi connectivity index (χ2v) is 2.62. The molecule has 0 saturated carbocycles. The third-order valence-electron chi connectivity index (χ3n) is 1.94. The van der Waals surface area contributed by atoms with E-state index in [1.807, 2.05) is 0 Å². The third-order valence-corrected chi connectivity index (χ3v) is 1.94. The average Bonchev–Trinajstić information content (AvgIpc) is 2.12. The summed E-state index contributed by atoms with van der Waals surface area (Å²) < 4.78 is 5.53. The monoisotopic (exact) mass is 113 g/mol. The van der Waals surface area contributed by atoms with Crippen molar-refractivity contribution in [3.8, 4) is 0 Å². The first-order valence-electron chi connectivity index (χ1n) is 3.31. The lowest BCUT2D eigenvalue weighted by atomic mass is 10.2. The van der Waals surface area contributed by atoms with Crippen molar-refractivity contribution >= 4 is 0 Å². The molecule has 2 nitrogen and oxygen atoms in total. The Morgan fingerprint density at radius 2 is 1.75 bits per heavy atom. The molecule has 2 fully saturated rings. The second kappa shape index (κ2) is 1.71. The molecule has 2 aliphatic rings. The zero-order chi connectivity index (χ0) is 5.40. The van der Waals surface area contributed by atoms with E-state index in [9.17, 15) is 0 Å². The first kappa shape index (κ1) is 4.77. The van der Waals surface area contributed by atoms with Crippen molar-refractivity contribution in [1.82, 2.24) is 5.32 Å². The van der Waals surface area contributed by atoms with Crippen LogP contribution in [0.4, 0.5) is 0 Å². The summed E-state index contributed by atoms with van der Waals surface area (Å²) in [7, 11) is 0. The fraction of sp³-hybridized carbons (Fsp3) is 1.00. The third kappa shape index (κ3) is 0.644. The number of fused-ring (bicyclic) bond motifs is 2. The maximum atomic E-state index is 5.53. The first-order valence-corrected chi connectivity index (χ1v) is 3.31. The number of nitrogens with one attached hydrogen (secondary N) is 1. The Kier molecular flexibility index (Phi) is 1.02. The minimum atomic E-state index is 0.550. The van der Waals surface area contributed by atoms with E-state index in [0.29, 0.717) is 12.2 Å². The molecular weight excluding hydrogens is 102 g/mol. The fourth-order valence-corrected chi connectivity index (χ4v) is 1.49. The van der Waals surface area contributed by atoms with Gasteiger partial charge < -0.3 is 10.1 Å². The Balaban J connectivity index is 2.03. The average molecular weight is 113 g/mol. The van der Waals surface area contributed by atoms with E-state index in [4.69, 9.17) is 4.74 Å². The van der Waals surface area contributed by atoms with Gasteiger partial charge in [-0.15, -0.1) is 0 Å². The maximum absolute atomic E-state index is 5.53. The molecule has 0 spiro atoms. The summed E-state index contributed by atoms with van der Waals surface area (Å²) in [6.45, 7) is 2.16. The van der Waals surface area contributed by atoms with E-state index in [2.05, 4.69) is 5.32 Å². The lowest BCUT2D eigenvalue weighted by molar-refractivity contribution is 0.0184. The molecule has 2 heteroatoms. The Bertz CT molecular complexity index is 80.5. The summed E-state index contributed by atoms with van der Waals surface area (Å²) in [6, 6.07) is 0. The molecule has 2 aliphatic heterocycles. The summed E-state index contributed by atoms with van der Waals surface area (Å²) in [4.78, 5) is 0. The van der Waals surface area contributed by atoms with Crippen LogP contribution in [0.1, 0.15) is 12.8 Å². The predicted molar refractivity (Wildman–Crippen MR) is 30.8 cm³/mol. The van der Waals surface area contributed by atoms with E-state index in [1.165, 1.54) is 12.8 Å². The topological polar surface area (TPSA) is 21.3 Å². The van der Waals surface area contributed by atoms with Gasteiger partial charge in [0.05, 0.1) is 12.2 Å². The summed E-state index contributed by atoms with van der Waals surface area (Å²) in [6.07, 6.45) is 3.65. The SMILES string of the molecule is C1C[C@H]2CNC[C@H]1O2. The smallest absolute Gasteiger partial charge is 0.0704 e. The van der Waals surface area contributed by atoms with E-state index < -0.39 is 0 Å². The van der Waals surface area contributed by atoms with Gasteiger partial charge in [0, 0.05) is 13.1 Å². The number of ether oxygens (including phenoxy) is 1. The summed E-state index contributed by atoms with van der Waals surface area (Å²) in [5.41, 5.74) is 0. The van der Waals surface area contributed by atoms with Gasteiger partial charge in [-0.3, -0.25) is 0 Å². The zero-order valence-corrected chi connectivity index (χ0v) is 4.89. The van der Waals surface area contributed by atoms with Gasteiger partial charge in [0.15, 0.2) is 0 Å². The summed E-state index contributed by atoms with van der Waals surface area (Å²) in [5, 5.41) is 3.32. The second-order valence-electron chi connectivity index (χ2n) is 2.62. The highest BCUT2D eigenvalue weighted by atomic mass is 16.5. The van der Waals surface area contributed by atoms with Crippen LogP contribution in [0.2, 0.25) is 0 Å². The fourth-order valence-electron chi connectivity index (χ4n) is 1.49. The summed E-state index contributed by atoms with van der Waals surface area (Å²) >= 11 is 0. The van der Waals surface area contributed by atoms with Crippen LogP contribution < -0.4 is 5.32 Å². The van der Waals surface area contributed by atoms with Crippen LogP contribution in [0.15, 0.2) is 0 Å². The quantitative estimate of drug-likeness (QED) is 0.482. The molecule has 2 atom stereocenters.